The van der Waals surface area contributed by atoms with Gasteiger partial charge in [-0.3, -0.25) is 4.79 Å². The van der Waals surface area contributed by atoms with Crippen molar-refractivity contribution in [2.75, 3.05) is 5.32 Å². The molecule has 0 heterocycles. The molecule has 0 aliphatic rings. The molecule has 2 rings (SSSR count). The molecule has 0 spiro atoms. The molecule has 0 aliphatic heterocycles. The van der Waals surface area contributed by atoms with Gasteiger partial charge in [-0.05, 0) is 23.3 Å². The first kappa shape index (κ1) is 17.5. The van der Waals surface area contributed by atoms with Crippen LogP contribution in [-0.2, 0) is 17.9 Å². The van der Waals surface area contributed by atoms with E-state index in [-0.39, 0.29) is 17.9 Å². The van der Waals surface area contributed by atoms with Crippen molar-refractivity contribution in [2.45, 2.75) is 26.9 Å². The van der Waals surface area contributed by atoms with Gasteiger partial charge in [-0.25, -0.2) is 4.79 Å². The largest absolute Gasteiger partial charge is 0.334 e. The van der Waals surface area contributed by atoms with Crippen LogP contribution in [-0.4, -0.2) is 11.9 Å². The lowest BCUT2D eigenvalue weighted by Crippen LogP contribution is -2.34. The third-order valence-electron chi connectivity index (χ3n) is 3.47. The van der Waals surface area contributed by atoms with E-state index in [9.17, 15) is 9.59 Å². The number of carbonyl (C=O) groups excluding carboxylic acids is 2. The van der Waals surface area contributed by atoms with Crippen LogP contribution in [0.5, 0.6) is 0 Å². The lowest BCUT2D eigenvalue weighted by atomic mass is 10.1. The lowest BCUT2D eigenvalue weighted by Gasteiger charge is -2.11. The van der Waals surface area contributed by atoms with E-state index in [1.54, 1.807) is 0 Å². The summed E-state index contributed by atoms with van der Waals surface area (Å²) in [6.07, 6.45) is 0. The number of nitrogens with one attached hydrogen (secondary N) is 3. The molecule has 3 amide bonds. The normalized spacial score (nSPS) is 10.3. The van der Waals surface area contributed by atoms with Crippen molar-refractivity contribution in [3.8, 4) is 0 Å². The zero-order valence-corrected chi connectivity index (χ0v) is 14.0. The van der Waals surface area contributed by atoms with Crippen molar-refractivity contribution in [2.24, 2.45) is 5.92 Å². The van der Waals surface area contributed by atoms with Gasteiger partial charge in [-0.2, -0.15) is 0 Å². The molecule has 0 saturated heterocycles. The Morgan fingerprint density at radius 3 is 2.17 bits per heavy atom. The Hall–Kier alpha value is -2.82. The Bertz CT molecular complexity index is 684. The second-order valence-corrected chi connectivity index (χ2v) is 5.87. The highest BCUT2D eigenvalue weighted by Gasteiger charge is 2.07. The highest BCUT2D eigenvalue weighted by atomic mass is 16.2. The molecule has 24 heavy (non-hydrogen) atoms. The van der Waals surface area contributed by atoms with Gasteiger partial charge < -0.3 is 16.0 Å². The van der Waals surface area contributed by atoms with Crippen molar-refractivity contribution < 1.29 is 9.59 Å². The maximum atomic E-state index is 11.8. The zero-order chi connectivity index (χ0) is 17.4. The summed E-state index contributed by atoms with van der Waals surface area (Å²) in [6.45, 7) is 4.57. The van der Waals surface area contributed by atoms with Crippen LogP contribution < -0.4 is 16.0 Å². The van der Waals surface area contributed by atoms with Gasteiger partial charge in [0, 0.05) is 24.7 Å². The van der Waals surface area contributed by atoms with Crippen molar-refractivity contribution in [1.82, 2.24) is 10.6 Å². The standard InChI is InChI=1S/C19H23N3O2/c1-14(2)18(23)22-17-10-6-9-16(11-17)13-21-19(24)20-12-15-7-4-3-5-8-15/h3-11,14H,12-13H2,1-2H3,(H,22,23)(H2,20,21,24). The Kier molecular flexibility index (Phi) is 6.37. The van der Waals surface area contributed by atoms with Crippen LogP contribution in [0.2, 0.25) is 0 Å². The van der Waals surface area contributed by atoms with Crippen molar-refractivity contribution in [3.05, 3.63) is 65.7 Å². The fourth-order valence-corrected chi connectivity index (χ4v) is 2.07. The Morgan fingerprint density at radius 1 is 0.875 bits per heavy atom. The van der Waals surface area contributed by atoms with Crippen molar-refractivity contribution in [3.63, 3.8) is 0 Å². The van der Waals surface area contributed by atoms with Gasteiger partial charge in [0.2, 0.25) is 5.91 Å². The minimum absolute atomic E-state index is 0.0271. The SMILES string of the molecule is CC(C)C(=O)Nc1cccc(CNC(=O)NCc2ccccc2)c1. The second kappa shape index (κ2) is 8.72. The van der Waals surface area contributed by atoms with Gasteiger partial charge in [0.25, 0.3) is 0 Å². The molecule has 0 aromatic heterocycles. The van der Waals surface area contributed by atoms with Crippen LogP contribution in [0.25, 0.3) is 0 Å². The van der Waals surface area contributed by atoms with Gasteiger partial charge >= 0.3 is 6.03 Å². The average molecular weight is 325 g/mol. The number of urea groups is 1. The molecule has 0 aliphatic carbocycles. The van der Waals surface area contributed by atoms with Gasteiger partial charge in [-0.1, -0.05) is 56.3 Å². The smallest absolute Gasteiger partial charge is 0.315 e. The summed E-state index contributed by atoms with van der Waals surface area (Å²) in [5.41, 5.74) is 2.70. The van der Waals surface area contributed by atoms with E-state index in [0.29, 0.717) is 13.1 Å². The van der Waals surface area contributed by atoms with Gasteiger partial charge in [-0.15, -0.1) is 0 Å². The van der Waals surface area contributed by atoms with Crippen molar-refractivity contribution >= 4 is 17.6 Å². The predicted octanol–water partition coefficient (Wildman–Crippen LogP) is 3.28. The number of amides is 3. The molecule has 0 fully saturated rings. The second-order valence-electron chi connectivity index (χ2n) is 5.87. The molecule has 126 valence electrons. The lowest BCUT2D eigenvalue weighted by molar-refractivity contribution is -0.118. The van der Waals surface area contributed by atoms with Crippen LogP contribution in [0, 0.1) is 5.92 Å². The topological polar surface area (TPSA) is 70.2 Å². The number of rotatable bonds is 6. The van der Waals surface area contributed by atoms with E-state index in [2.05, 4.69) is 16.0 Å². The fraction of sp³-hybridized carbons (Fsp3) is 0.263. The molecular weight excluding hydrogens is 302 g/mol. The van der Waals surface area contributed by atoms with E-state index < -0.39 is 0 Å². The molecule has 5 nitrogen and oxygen atoms in total. The zero-order valence-electron chi connectivity index (χ0n) is 14.0. The third-order valence-corrected chi connectivity index (χ3v) is 3.47. The molecule has 2 aromatic carbocycles. The Balaban J connectivity index is 1.81. The molecule has 3 N–H and O–H groups in total. The van der Waals surface area contributed by atoms with Crippen LogP contribution in [0.3, 0.4) is 0 Å². The van der Waals surface area contributed by atoms with E-state index in [1.165, 1.54) is 0 Å². The summed E-state index contributed by atoms with van der Waals surface area (Å²) in [6, 6.07) is 17.0. The molecule has 0 unspecified atom stereocenters. The summed E-state index contributed by atoms with van der Waals surface area (Å²) >= 11 is 0. The van der Waals surface area contributed by atoms with Crippen LogP contribution in [0.1, 0.15) is 25.0 Å². The number of anilines is 1. The first-order valence-electron chi connectivity index (χ1n) is 8.00. The average Bonchev–Trinajstić information content (AvgIpc) is 2.59. The molecule has 2 aromatic rings. The Morgan fingerprint density at radius 2 is 1.50 bits per heavy atom. The highest BCUT2D eigenvalue weighted by Crippen LogP contribution is 2.12. The monoisotopic (exact) mass is 325 g/mol. The first-order chi connectivity index (χ1) is 11.5. The van der Waals surface area contributed by atoms with Gasteiger partial charge in [0.05, 0.1) is 0 Å². The summed E-state index contributed by atoms with van der Waals surface area (Å²) in [7, 11) is 0. The third kappa shape index (κ3) is 5.76. The van der Waals surface area contributed by atoms with Crippen LogP contribution in [0.15, 0.2) is 54.6 Å². The Labute approximate surface area is 142 Å². The highest BCUT2D eigenvalue weighted by molar-refractivity contribution is 5.92. The maximum absolute atomic E-state index is 11.8. The quantitative estimate of drug-likeness (QED) is 0.763. The molecule has 0 saturated carbocycles. The fourth-order valence-electron chi connectivity index (χ4n) is 2.07. The van der Waals surface area contributed by atoms with Crippen LogP contribution >= 0.6 is 0 Å². The minimum Gasteiger partial charge on any atom is -0.334 e. The van der Waals surface area contributed by atoms with Gasteiger partial charge in [0.1, 0.15) is 0 Å². The number of benzene rings is 2. The summed E-state index contributed by atoms with van der Waals surface area (Å²) in [5.74, 6) is -0.101. The molecule has 5 heteroatoms. The van der Waals surface area contributed by atoms with Gasteiger partial charge in [0.15, 0.2) is 0 Å². The number of hydrogen-bond acceptors (Lipinski definition) is 2. The van der Waals surface area contributed by atoms with E-state index in [0.717, 1.165) is 16.8 Å². The maximum Gasteiger partial charge on any atom is 0.315 e. The molecular formula is C19H23N3O2. The van der Waals surface area contributed by atoms with E-state index in [4.69, 9.17) is 0 Å². The summed E-state index contributed by atoms with van der Waals surface area (Å²) < 4.78 is 0. The molecule has 0 atom stereocenters. The van der Waals surface area contributed by atoms with Crippen molar-refractivity contribution in [1.29, 1.82) is 0 Å². The summed E-state index contributed by atoms with van der Waals surface area (Å²) in [5, 5.41) is 8.47. The van der Waals surface area contributed by atoms with E-state index >= 15 is 0 Å². The number of carbonyl (C=O) groups is 2. The first-order valence-corrected chi connectivity index (χ1v) is 8.00. The predicted molar refractivity (Wildman–Crippen MR) is 95.4 cm³/mol. The molecule has 0 radical (unpaired) electrons. The minimum atomic E-state index is -0.226. The van der Waals surface area contributed by atoms with E-state index in [1.807, 2.05) is 68.4 Å². The summed E-state index contributed by atoms with van der Waals surface area (Å²) in [4.78, 5) is 23.6. The van der Waals surface area contributed by atoms with Crippen LogP contribution in [0.4, 0.5) is 10.5 Å². The molecule has 0 bridgehead atoms. The number of hydrogen-bond donors (Lipinski definition) is 3.